The SMILES string of the molecule is Cc1c(N)cccc1Oc1cccn2nc(NC(=O)C3CC3)nc12. The van der Waals surface area contributed by atoms with Crippen LogP contribution in [0.5, 0.6) is 11.5 Å². The Kier molecular flexibility index (Phi) is 3.34. The van der Waals surface area contributed by atoms with Crippen LogP contribution in [-0.4, -0.2) is 20.5 Å². The Hall–Kier alpha value is -3.09. The third kappa shape index (κ3) is 2.64. The number of nitrogens with one attached hydrogen (secondary N) is 1. The van der Waals surface area contributed by atoms with Crippen LogP contribution in [0.4, 0.5) is 11.6 Å². The van der Waals surface area contributed by atoms with E-state index in [0.29, 0.717) is 22.8 Å². The van der Waals surface area contributed by atoms with Crippen LogP contribution in [-0.2, 0) is 4.79 Å². The van der Waals surface area contributed by atoms with Crippen molar-refractivity contribution in [2.45, 2.75) is 19.8 Å². The molecule has 1 aliphatic rings. The molecule has 0 atom stereocenters. The van der Waals surface area contributed by atoms with Gasteiger partial charge in [0.25, 0.3) is 0 Å². The van der Waals surface area contributed by atoms with Crippen LogP contribution in [0.25, 0.3) is 5.65 Å². The van der Waals surface area contributed by atoms with E-state index in [2.05, 4.69) is 15.4 Å². The number of ether oxygens (including phenoxy) is 1. The molecule has 1 fully saturated rings. The van der Waals surface area contributed by atoms with Crippen LogP contribution in [0.15, 0.2) is 36.5 Å². The molecule has 2 aromatic heterocycles. The fraction of sp³-hybridized carbons (Fsp3) is 0.235. The van der Waals surface area contributed by atoms with Gasteiger partial charge in [0.05, 0.1) is 0 Å². The average Bonchev–Trinajstić information content (AvgIpc) is 3.33. The number of hydrogen-bond donors (Lipinski definition) is 2. The second-order valence-electron chi connectivity index (χ2n) is 5.91. The van der Waals surface area contributed by atoms with Gasteiger partial charge in [-0.05, 0) is 44.0 Å². The third-order valence-corrected chi connectivity index (χ3v) is 4.06. The number of rotatable bonds is 4. The van der Waals surface area contributed by atoms with E-state index >= 15 is 0 Å². The molecule has 0 bridgehead atoms. The number of benzene rings is 1. The summed E-state index contributed by atoms with van der Waals surface area (Å²) in [6, 6.07) is 9.12. The second-order valence-corrected chi connectivity index (χ2v) is 5.91. The molecule has 1 aliphatic carbocycles. The number of carbonyl (C=O) groups is 1. The topological polar surface area (TPSA) is 94.5 Å². The molecule has 122 valence electrons. The Morgan fingerprint density at radius 1 is 1.29 bits per heavy atom. The average molecular weight is 323 g/mol. The van der Waals surface area contributed by atoms with Crippen molar-refractivity contribution < 1.29 is 9.53 Å². The van der Waals surface area contributed by atoms with Crippen molar-refractivity contribution in [1.29, 1.82) is 0 Å². The van der Waals surface area contributed by atoms with Gasteiger partial charge in [-0.1, -0.05) is 6.07 Å². The van der Waals surface area contributed by atoms with E-state index < -0.39 is 0 Å². The molecule has 3 aromatic rings. The van der Waals surface area contributed by atoms with Crippen molar-refractivity contribution in [2.24, 2.45) is 5.92 Å². The van der Waals surface area contributed by atoms with Gasteiger partial charge in [0, 0.05) is 23.4 Å². The minimum absolute atomic E-state index is 0.0277. The summed E-state index contributed by atoms with van der Waals surface area (Å²) < 4.78 is 7.55. The van der Waals surface area contributed by atoms with Crippen LogP contribution in [0.2, 0.25) is 0 Å². The molecule has 0 unspecified atom stereocenters. The molecular formula is C17H17N5O2. The maximum atomic E-state index is 11.9. The monoisotopic (exact) mass is 323 g/mol. The van der Waals surface area contributed by atoms with Gasteiger partial charge in [0.2, 0.25) is 11.9 Å². The zero-order valence-corrected chi connectivity index (χ0v) is 13.2. The number of aromatic nitrogens is 3. The molecule has 1 saturated carbocycles. The molecule has 4 rings (SSSR count). The summed E-state index contributed by atoms with van der Waals surface area (Å²) in [6.45, 7) is 1.90. The summed E-state index contributed by atoms with van der Waals surface area (Å²) in [6.07, 6.45) is 3.62. The minimum atomic E-state index is -0.0277. The molecule has 1 amide bonds. The standard InChI is InChI=1S/C17H17N5O2/c1-10-12(18)4-2-5-13(10)24-14-6-3-9-22-15(14)19-17(21-22)20-16(23)11-7-8-11/h2-6,9,11H,7-8,18H2,1H3,(H,20,21,23). The van der Waals surface area contributed by atoms with Gasteiger partial charge in [-0.3, -0.25) is 10.1 Å². The molecular weight excluding hydrogens is 306 g/mol. The van der Waals surface area contributed by atoms with Crippen LogP contribution in [0.3, 0.4) is 0 Å². The van der Waals surface area contributed by atoms with Gasteiger partial charge in [0.15, 0.2) is 11.4 Å². The highest BCUT2D eigenvalue weighted by Crippen LogP contribution is 2.32. The maximum Gasteiger partial charge on any atom is 0.249 e. The summed E-state index contributed by atoms with van der Waals surface area (Å²) in [5.41, 5.74) is 7.98. The largest absolute Gasteiger partial charge is 0.453 e. The van der Waals surface area contributed by atoms with Crippen molar-refractivity contribution in [3.63, 3.8) is 0 Å². The van der Waals surface area contributed by atoms with Gasteiger partial charge in [-0.25, -0.2) is 4.52 Å². The summed E-state index contributed by atoms with van der Waals surface area (Å²) in [4.78, 5) is 16.2. The molecule has 0 radical (unpaired) electrons. The fourth-order valence-corrected chi connectivity index (χ4v) is 2.43. The summed E-state index contributed by atoms with van der Waals surface area (Å²) in [5.74, 6) is 1.56. The van der Waals surface area contributed by atoms with Crippen LogP contribution < -0.4 is 15.8 Å². The van der Waals surface area contributed by atoms with E-state index in [1.807, 2.05) is 31.2 Å². The Morgan fingerprint density at radius 2 is 2.08 bits per heavy atom. The van der Waals surface area contributed by atoms with Crippen molar-refractivity contribution in [3.05, 3.63) is 42.1 Å². The number of fused-ring (bicyclic) bond motifs is 1. The molecule has 7 heteroatoms. The second kappa shape index (κ2) is 5.52. The van der Waals surface area contributed by atoms with E-state index in [1.165, 1.54) is 0 Å². The Morgan fingerprint density at radius 3 is 2.88 bits per heavy atom. The Balaban J connectivity index is 1.66. The highest BCUT2D eigenvalue weighted by molar-refractivity contribution is 5.92. The van der Waals surface area contributed by atoms with Gasteiger partial charge < -0.3 is 10.5 Å². The molecule has 0 aliphatic heterocycles. The van der Waals surface area contributed by atoms with E-state index in [4.69, 9.17) is 10.5 Å². The quantitative estimate of drug-likeness (QED) is 0.720. The Labute approximate surface area is 138 Å². The predicted octanol–water partition coefficient (Wildman–Crippen LogP) is 2.76. The number of pyridine rings is 1. The van der Waals surface area contributed by atoms with Gasteiger partial charge in [0.1, 0.15) is 5.75 Å². The van der Waals surface area contributed by atoms with Crippen LogP contribution in [0, 0.1) is 12.8 Å². The molecule has 2 heterocycles. The first kappa shape index (κ1) is 14.5. The smallest absolute Gasteiger partial charge is 0.249 e. The molecule has 0 spiro atoms. The zero-order valence-electron chi connectivity index (χ0n) is 13.2. The molecule has 24 heavy (non-hydrogen) atoms. The van der Waals surface area contributed by atoms with E-state index in [0.717, 1.165) is 18.4 Å². The van der Waals surface area contributed by atoms with Crippen LogP contribution >= 0.6 is 0 Å². The van der Waals surface area contributed by atoms with E-state index in [9.17, 15) is 4.79 Å². The van der Waals surface area contributed by atoms with Crippen molar-refractivity contribution >= 4 is 23.2 Å². The lowest BCUT2D eigenvalue weighted by Gasteiger charge is -2.10. The lowest BCUT2D eigenvalue weighted by molar-refractivity contribution is -0.117. The molecule has 1 aromatic carbocycles. The normalized spacial score (nSPS) is 13.9. The number of anilines is 2. The highest BCUT2D eigenvalue weighted by Gasteiger charge is 2.30. The van der Waals surface area contributed by atoms with Crippen molar-refractivity contribution in [1.82, 2.24) is 14.6 Å². The summed E-state index contributed by atoms with van der Waals surface area (Å²) in [7, 11) is 0. The maximum absolute atomic E-state index is 11.9. The predicted molar refractivity (Wildman–Crippen MR) is 90.0 cm³/mol. The number of nitrogens with zero attached hydrogens (tertiary/aromatic N) is 3. The fourth-order valence-electron chi connectivity index (χ4n) is 2.43. The highest BCUT2D eigenvalue weighted by atomic mass is 16.5. The van der Waals surface area contributed by atoms with Gasteiger partial charge in [-0.2, -0.15) is 4.98 Å². The van der Waals surface area contributed by atoms with Crippen molar-refractivity contribution in [3.8, 4) is 11.5 Å². The number of amides is 1. The summed E-state index contributed by atoms with van der Waals surface area (Å²) >= 11 is 0. The van der Waals surface area contributed by atoms with Gasteiger partial charge >= 0.3 is 0 Å². The number of carbonyl (C=O) groups excluding carboxylic acids is 1. The van der Waals surface area contributed by atoms with Gasteiger partial charge in [-0.15, -0.1) is 5.10 Å². The van der Waals surface area contributed by atoms with E-state index in [-0.39, 0.29) is 17.8 Å². The third-order valence-electron chi connectivity index (χ3n) is 4.06. The van der Waals surface area contributed by atoms with Crippen LogP contribution in [0.1, 0.15) is 18.4 Å². The molecule has 3 N–H and O–H groups in total. The van der Waals surface area contributed by atoms with Crippen molar-refractivity contribution in [2.75, 3.05) is 11.1 Å². The van der Waals surface area contributed by atoms with E-state index in [1.54, 1.807) is 16.8 Å². The lowest BCUT2D eigenvalue weighted by Crippen LogP contribution is -2.14. The lowest BCUT2D eigenvalue weighted by atomic mass is 10.2. The summed E-state index contributed by atoms with van der Waals surface area (Å²) in [5, 5.41) is 7.02. The number of hydrogen-bond acceptors (Lipinski definition) is 5. The first-order valence-electron chi connectivity index (χ1n) is 7.81. The molecule has 7 nitrogen and oxygen atoms in total. The first-order valence-corrected chi connectivity index (χ1v) is 7.81. The zero-order chi connectivity index (χ0) is 16.7. The number of nitrogens with two attached hydrogens (primary N) is 1. The minimum Gasteiger partial charge on any atom is -0.453 e. The first-order chi connectivity index (χ1) is 11.6. The molecule has 0 saturated heterocycles. The Bertz CT molecular complexity index is 930. The number of nitrogen functional groups attached to an aromatic ring is 1.